The molecule has 0 aromatic heterocycles. The van der Waals surface area contributed by atoms with E-state index in [0.29, 0.717) is 12.2 Å². The Bertz CT molecular complexity index is 1050. The lowest BCUT2D eigenvalue weighted by atomic mass is 10.2. The highest BCUT2D eigenvalue weighted by Gasteiger charge is 2.35. The summed E-state index contributed by atoms with van der Waals surface area (Å²) in [5, 5.41) is 10.6. The number of phenolic OH excluding ortho intramolecular Hbond substituents is 1. The van der Waals surface area contributed by atoms with Gasteiger partial charge in [0.05, 0.1) is 16.4 Å². The molecule has 0 saturated carbocycles. The molecule has 146 valence electrons. The zero-order valence-electron chi connectivity index (χ0n) is 14.7. The van der Waals surface area contributed by atoms with Gasteiger partial charge in [0.25, 0.3) is 15.9 Å². The van der Waals surface area contributed by atoms with E-state index < -0.39 is 15.9 Å². The van der Waals surface area contributed by atoms with Crippen molar-refractivity contribution in [2.75, 3.05) is 6.61 Å². The van der Waals surface area contributed by atoms with Crippen LogP contribution in [-0.2, 0) is 14.8 Å². The number of hydrazine groups is 1. The van der Waals surface area contributed by atoms with Crippen molar-refractivity contribution in [3.05, 3.63) is 59.0 Å². The molecule has 2 N–H and O–H groups in total. The van der Waals surface area contributed by atoms with Gasteiger partial charge in [-0.15, -0.1) is 4.83 Å². The number of nitrogens with zero attached hydrogens (tertiary/aromatic N) is 1. The fourth-order valence-corrected chi connectivity index (χ4v) is 4.69. The molecular weight excluding hydrogens is 420 g/mol. The summed E-state index contributed by atoms with van der Waals surface area (Å²) in [4.78, 5) is 15.1. The van der Waals surface area contributed by atoms with Crippen LogP contribution in [0.4, 0.5) is 0 Å². The van der Waals surface area contributed by atoms with Gasteiger partial charge in [-0.2, -0.15) is 0 Å². The van der Waals surface area contributed by atoms with Crippen LogP contribution in [0.2, 0.25) is 0 Å². The van der Waals surface area contributed by atoms with Crippen LogP contribution in [0, 0.1) is 0 Å². The zero-order valence-corrected chi connectivity index (χ0v) is 17.1. The Balaban J connectivity index is 1.84. The Labute approximate surface area is 172 Å². The summed E-state index contributed by atoms with van der Waals surface area (Å²) < 4.78 is 30.3. The molecule has 28 heavy (non-hydrogen) atoms. The second-order valence-electron chi connectivity index (χ2n) is 5.59. The molecule has 1 amide bonds. The first-order valence-corrected chi connectivity index (χ1v) is 10.8. The molecule has 1 aliphatic heterocycles. The van der Waals surface area contributed by atoms with E-state index in [1.165, 1.54) is 18.2 Å². The number of aromatic hydroxyl groups is 1. The molecule has 3 rings (SSSR count). The molecule has 0 aliphatic carbocycles. The van der Waals surface area contributed by atoms with Crippen LogP contribution in [0.5, 0.6) is 11.5 Å². The number of rotatable bonds is 6. The van der Waals surface area contributed by atoms with Crippen LogP contribution < -0.4 is 9.57 Å². The van der Waals surface area contributed by atoms with Crippen LogP contribution in [0.3, 0.4) is 0 Å². The number of thiocarbonyl (C=S) groups is 1. The number of hydrogen-bond donors (Lipinski definition) is 2. The average molecular weight is 437 g/mol. The second kappa shape index (κ2) is 8.31. The number of phenols is 1. The van der Waals surface area contributed by atoms with Crippen LogP contribution in [0.15, 0.2) is 58.3 Å². The van der Waals surface area contributed by atoms with E-state index in [-0.39, 0.29) is 25.6 Å². The van der Waals surface area contributed by atoms with E-state index in [0.717, 1.165) is 16.8 Å². The van der Waals surface area contributed by atoms with Gasteiger partial charge >= 0.3 is 0 Å². The summed E-state index contributed by atoms with van der Waals surface area (Å²) in [5.41, 5.74) is 0.604. The van der Waals surface area contributed by atoms with Crippen LogP contribution in [0.1, 0.15) is 12.5 Å². The van der Waals surface area contributed by atoms with Crippen LogP contribution in [0.25, 0.3) is 6.08 Å². The van der Waals surface area contributed by atoms with E-state index in [4.69, 9.17) is 17.0 Å². The molecule has 0 bridgehead atoms. The van der Waals surface area contributed by atoms with Crippen molar-refractivity contribution >= 4 is 50.3 Å². The van der Waals surface area contributed by atoms with Gasteiger partial charge in [0, 0.05) is 0 Å². The third-order valence-electron chi connectivity index (χ3n) is 3.64. The minimum atomic E-state index is -3.95. The van der Waals surface area contributed by atoms with E-state index in [1.807, 2.05) is 0 Å². The minimum absolute atomic E-state index is 0.0119. The van der Waals surface area contributed by atoms with E-state index >= 15 is 0 Å². The topological polar surface area (TPSA) is 95.9 Å². The molecule has 7 nitrogen and oxygen atoms in total. The summed E-state index contributed by atoms with van der Waals surface area (Å²) >= 11 is 6.13. The van der Waals surface area contributed by atoms with Gasteiger partial charge in [-0.3, -0.25) is 4.79 Å². The smallest absolute Gasteiger partial charge is 0.281 e. The Kier molecular flexibility index (Phi) is 6.04. The molecule has 2 aromatic rings. The maximum absolute atomic E-state index is 12.6. The summed E-state index contributed by atoms with van der Waals surface area (Å²) in [6.07, 6.45) is 1.55. The van der Waals surface area contributed by atoms with E-state index in [2.05, 4.69) is 4.83 Å². The number of sulfonamides is 1. The van der Waals surface area contributed by atoms with Crippen molar-refractivity contribution in [3.63, 3.8) is 0 Å². The number of amides is 1. The summed E-state index contributed by atoms with van der Waals surface area (Å²) in [7, 11) is -3.95. The monoisotopic (exact) mass is 436 g/mol. The van der Waals surface area contributed by atoms with Crippen LogP contribution >= 0.6 is 24.0 Å². The van der Waals surface area contributed by atoms with Gasteiger partial charge < -0.3 is 9.84 Å². The van der Waals surface area contributed by atoms with Gasteiger partial charge in [0.15, 0.2) is 15.8 Å². The summed E-state index contributed by atoms with van der Waals surface area (Å²) in [6, 6.07) is 12.3. The zero-order chi connectivity index (χ0) is 20.3. The molecule has 0 radical (unpaired) electrons. The molecule has 2 aromatic carbocycles. The van der Waals surface area contributed by atoms with E-state index in [1.54, 1.807) is 43.3 Å². The second-order valence-corrected chi connectivity index (χ2v) is 8.92. The lowest BCUT2D eigenvalue weighted by Gasteiger charge is -2.15. The van der Waals surface area contributed by atoms with Gasteiger partial charge in [0.1, 0.15) is 0 Å². The molecule has 0 spiro atoms. The van der Waals surface area contributed by atoms with Crippen molar-refractivity contribution in [3.8, 4) is 11.5 Å². The van der Waals surface area contributed by atoms with Gasteiger partial charge in [-0.25, -0.2) is 13.4 Å². The molecule has 0 atom stereocenters. The number of benzene rings is 2. The Morgan fingerprint density at radius 3 is 2.64 bits per heavy atom. The molecule has 1 saturated heterocycles. The Morgan fingerprint density at radius 1 is 1.25 bits per heavy atom. The highest BCUT2D eigenvalue weighted by molar-refractivity contribution is 8.26. The molecule has 1 aliphatic rings. The van der Waals surface area contributed by atoms with Gasteiger partial charge in [-0.1, -0.05) is 48.2 Å². The number of thioether (sulfide) groups is 1. The number of hydrogen-bond acceptors (Lipinski definition) is 7. The number of carbonyl (C=O) groups excluding carboxylic acids is 1. The maximum Gasteiger partial charge on any atom is 0.281 e. The third kappa shape index (κ3) is 4.36. The summed E-state index contributed by atoms with van der Waals surface area (Å²) in [5.74, 6) is -0.306. The van der Waals surface area contributed by atoms with E-state index in [9.17, 15) is 18.3 Å². The maximum atomic E-state index is 12.6. The van der Waals surface area contributed by atoms with Crippen molar-refractivity contribution < 1.29 is 23.1 Å². The van der Waals surface area contributed by atoms with Crippen molar-refractivity contribution in [1.82, 2.24) is 9.84 Å². The predicted molar refractivity (Wildman–Crippen MR) is 111 cm³/mol. The Morgan fingerprint density at radius 2 is 1.96 bits per heavy atom. The molecule has 1 heterocycles. The van der Waals surface area contributed by atoms with Crippen LogP contribution in [-0.4, -0.2) is 35.4 Å². The first-order valence-electron chi connectivity index (χ1n) is 8.13. The van der Waals surface area contributed by atoms with Crippen molar-refractivity contribution in [1.29, 1.82) is 0 Å². The lowest BCUT2D eigenvalue weighted by Crippen LogP contribution is -2.44. The van der Waals surface area contributed by atoms with Gasteiger partial charge in [0.2, 0.25) is 0 Å². The lowest BCUT2D eigenvalue weighted by molar-refractivity contribution is -0.123. The highest BCUT2D eigenvalue weighted by atomic mass is 32.2. The molecule has 0 unspecified atom stereocenters. The normalized spacial score (nSPS) is 16.0. The molecule has 10 heteroatoms. The fraction of sp³-hybridized carbons (Fsp3) is 0.111. The summed E-state index contributed by atoms with van der Waals surface area (Å²) in [6.45, 7) is 2.16. The predicted octanol–water partition coefficient (Wildman–Crippen LogP) is 2.89. The molecular formula is C18H16N2O5S3. The van der Waals surface area contributed by atoms with Crippen molar-refractivity contribution in [2.24, 2.45) is 0 Å². The Hall–Kier alpha value is -2.40. The third-order valence-corrected chi connectivity index (χ3v) is 6.26. The first kappa shape index (κ1) is 20.3. The minimum Gasteiger partial charge on any atom is -0.504 e. The standard InChI is InChI=1S/C18H16N2O5S3/c1-2-25-15-10-12(8-9-14(15)21)11-16-17(22)20(18(26)27-16)19-28(23,24)13-6-4-3-5-7-13/h3-11,19,21H,2H2,1H3. The van der Waals surface area contributed by atoms with Crippen molar-refractivity contribution in [2.45, 2.75) is 11.8 Å². The van der Waals surface area contributed by atoms with Gasteiger partial charge in [-0.05, 0) is 42.8 Å². The number of carbonyl (C=O) groups is 1. The SMILES string of the molecule is CCOc1cc(C=C2SC(=S)N(NS(=O)(=O)c3ccccc3)C2=O)ccc1O. The number of ether oxygens (including phenoxy) is 1. The average Bonchev–Trinajstić information content (AvgIpc) is 2.92. The number of nitrogens with one attached hydrogen (secondary N) is 1. The fourth-order valence-electron chi connectivity index (χ4n) is 2.36. The molecule has 1 fully saturated rings. The first-order chi connectivity index (χ1) is 13.3. The quantitative estimate of drug-likeness (QED) is 0.531. The largest absolute Gasteiger partial charge is 0.504 e. The highest BCUT2D eigenvalue weighted by Crippen LogP contribution is 2.34.